The first-order valence-corrected chi connectivity index (χ1v) is 5.92. The number of rotatable bonds is 1. The van der Waals surface area contributed by atoms with Crippen molar-refractivity contribution in [3.05, 3.63) is 22.7 Å². The second kappa shape index (κ2) is 3.54. The van der Waals surface area contributed by atoms with Crippen LogP contribution in [-0.2, 0) is 6.61 Å². The maximum atomic E-state index is 9.13. The molecule has 1 saturated carbocycles. The van der Waals surface area contributed by atoms with E-state index in [1.807, 2.05) is 0 Å². The molecule has 86 valence electrons. The smallest absolute Gasteiger partial charge is 0.251 e. The van der Waals surface area contributed by atoms with Crippen molar-refractivity contribution in [1.82, 2.24) is 0 Å². The minimum Gasteiger partial charge on any atom is -0.448 e. The van der Waals surface area contributed by atoms with Crippen LogP contribution in [0.4, 0.5) is 0 Å². The number of benzene rings is 1. The van der Waals surface area contributed by atoms with Gasteiger partial charge in [0.2, 0.25) is 0 Å². The molecule has 0 unspecified atom stereocenters. The third-order valence-corrected chi connectivity index (χ3v) is 3.59. The average Bonchev–Trinajstić information content (AvgIpc) is 2.84. The van der Waals surface area contributed by atoms with Gasteiger partial charge in [-0.3, -0.25) is 0 Å². The Morgan fingerprint density at radius 1 is 1.19 bits per heavy atom. The normalized spacial score (nSPS) is 20.6. The highest BCUT2D eigenvalue weighted by atomic mass is 35.5. The van der Waals surface area contributed by atoms with Crippen molar-refractivity contribution in [1.29, 1.82) is 0 Å². The SMILES string of the molecule is OCc1cc2c(cc1Cl)OC1(CCCC1)O2. The Balaban J connectivity index is 1.97. The molecule has 0 radical (unpaired) electrons. The Morgan fingerprint density at radius 3 is 2.44 bits per heavy atom. The third kappa shape index (κ3) is 1.46. The lowest BCUT2D eigenvalue weighted by Crippen LogP contribution is -2.34. The van der Waals surface area contributed by atoms with Crippen LogP contribution in [-0.4, -0.2) is 10.9 Å². The Morgan fingerprint density at radius 2 is 1.81 bits per heavy atom. The monoisotopic (exact) mass is 240 g/mol. The highest BCUT2D eigenvalue weighted by Crippen LogP contribution is 2.48. The molecule has 3 nitrogen and oxygen atoms in total. The summed E-state index contributed by atoms with van der Waals surface area (Å²) in [6.45, 7) is -0.0809. The molecule has 0 saturated heterocycles. The van der Waals surface area contributed by atoms with Crippen LogP contribution in [0.3, 0.4) is 0 Å². The number of fused-ring (bicyclic) bond motifs is 1. The summed E-state index contributed by atoms with van der Waals surface area (Å²) in [5, 5.41) is 9.65. The van der Waals surface area contributed by atoms with Crippen molar-refractivity contribution in [3.8, 4) is 11.5 Å². The minimum atomic E-state index is -0.459. The van der Waals surface area contributed by atoms with Gasteiger partial charge in [0.1, 0.15) is 0 Å². The summed E-state index contributed by atoms with van der Waals surface area (Å²) in [6.07, 6.45) is 4.12. The van der Waals surface area contributed by atoms with E-state index < -0.39 is 5.79 Å². The first-order valence-electron chi connectivity index (χ1n) is 5.54. The molecular formula is C12H13ClO3. The molecule has 0 atom stereocenters. The summed E-state index contributed by atoms with van der Waals surface area (Å²) in [5.41, 5.74) is 0.680. The summed E-state index contributed by atoms with van der Waals surface area (Å²) >= 11 is 6.01. The highest BCUT2D eigenvalue weighted by Gasteiger charge is 2.44. The average molecular weight is 241 g/mol. The number of hydrogen-bond acceptors (Lipinski definition) is 3. The number of halogens is 1. The lowest BCUT2D eigenvalue weighted by Gasteiger charge is -2.21. The summed E-state index contributed by atoms with van der Waals surface area (Å²) < 4.78 is 11.7. The number of ether oxygens (including phenoxy) is 2. The fraction of sp³-hybridized carbons (Fsp3) is 0.500. The molecule has 1 aliphatic heterocycles. The van der Waals surface area contributed by atoms with Gasteiger partial charge in [0.05, 0.1) is 11.6 Å². The molecule has 1 aromatic rings. The summed E-state index contributed by atoms with van der Waals surface area (Å²) in [6, 6.07) is 3.50. The predicted octanol–water partition coefficient (Wildman–Crippen LogP) is 2.87. The van der Waals surface area contributed by atoms with Crippen molar-refractivity contribution in [2.45, 2.75) is 38.1 Å². The van der Waals surface area contributed by atoms with E-state index in [2.05, 4.69) is 0 Å². The van der Waals surface area contributed by atoms with E-state index in [0.29, 0.717) is 22.1 Å². The number of hydrogen-bond donors (Lipinski definition) is 1. The van der Waals surface area contributed by atoms with Crippen molar-refractivity contribution in [3.63, 3.8) is 0 Å². The second-order valence-electron chi connectivity index (χ2n) is 4.37. The van der Waals surface area contributed by atoms with Gasteiger partial charge in [-0.25, -0.2) is 0 Å². The topological polar surface area (TPSA) is 38.7 Å². The fourth-order valence-corrected chi connectivity index (χ4v) is 2.61. The molecule has 16 heavy (non-hydrogen) atoms. The van der Waals surface area contributed by atoms with Crippen LogP contribution in [0.5, 0.6) is 11.5 Å². The van der Waals surface area contributed by atoms with Gasteiger partial charge in [-0.05, 0) is 24.5 Å². The van der Waals surface area contributed by atoms with E-state index in [1.165, 1.54) is 0 Å². The van der Waals surface area contributed by atoms with E-state index in [4.69, 9.17) is 26.2 Å². The van der Waals surface area contributed by atoms with Crippen molar-refractivity contribution >= 4 is 11.6 Å². The lowest BCUT2D eigenvalue weighted by molar-refractivity contribution is -0.0716. The Bertz CT molecular complexity index is 425. The molecule has 0 bridgehead atoms. The van der Waals surface area contributed by atoms with Crippen LogP contribution in [0.15, 0.2) is 12.1 Å². The van der Waals surface area contributed by atoms with Crippen molar-refractivity contribution in [2.24, 2.45) is 0 Å². The molecule has 1 spiro atoms. The van der Waals surface area contributed by atoms with Crippen LogP contribution in [0.2, 0.25) is 5.02 Å². The van der Waals surface area contributed by atoms with E-state index in [-0.39, 0.29) is 6.61 Å². The highest BCUT2D eigenvalue weighted by molar-refractivity contribution is 6.31. The Labute approximate surface area is 98.9 Å². The van der Waals surface area contributed by atoms with Crippen LogP contribution in [0.1, 0.15) is 31.2 Å². The Hall–Kier alpha value is -0.930. The molecule has 1 fully saturated rings. The van der Waals surface area contributed by atoms with Crippen LogP contribution < -0.4 is 9.47 Å². The zero-order valence-electron chi connectivity index (χ0n) is 8.83. The van der Waals surface area contributed by atoms with Gasteiger partial charge < -0.3 is 14.6 Å². The molecule has 1 heterocycles. The van der Waals surface area contributed by atoms with E-state index in [0.717, 1.165) is 25.7 Å². The maximum absolute atomic E-state index is 9.13. The van der Waals surface area contributed by atoms with Gasteiger partial charge in [0.25, 0.3) is 5.79 Å². The number of aliphatic hydroxyl groups excluding tert-OH is 1. The third-order valence-electron chi connectivity index (χ3n) is 3.24. The number of aliphatic hydroxyl groups is 1. The van der Waals surface area contributed by atoms with Gasteiger partial charge in [0, 0.05) is 18.9 Å². The zero-order valence-corrected chi connectivity index (χ0v) is 9.59. The van der Waals surface area contributed by atoms with Gasteiger partial charge in [-0.2, -0.15) is 0 Å². The first kappa shape index (κ1) is 10.2. The standard InChI is InChI=1S/C12H13ClO3/c13-9-6-11-10(5-8(9)7-14)15-12(16-11)3-1-2-4-12/h5-6,14H,1-4,7H2. The quantitative estimate of drug-likeness (QED) is 0.820. The van der Waals surface area contributed by atoms with Gasteiger partial charge in [-0.15, -0.1) is 0 Å². The maximum Gasteiger partial charge on any atom is 0.251 e. The molecular weight excluding hydrogens is 228 g/mol. The molecule has 2 aliphatic rings. The fourth-order valence-electron chi connectivity index (χ4n) is 2.40. The molecule has 1 aliphatic carbocycles. The van der Waals surface area contributed by atoms with E-state index in [9.17, 15) is 0 Å². The summed E-state index contributed by atoms with van der Waals surface area (Å²) in [5.74, 6) is 0.944. The van der Waals surface area contributed by atoms with E-state index in [1.54, 1.807) is 12.1 Å². The molecule has 1 aromatic carbocycles. The summed E-state index contributed by atoms with van der Waals surface area (Å²) in [7, 11) is 0. The lowest BCUT2D eigenvalue weighted by atomic mass is 10.2. The molecule has 4 heteroatoms. The molecule has 0 amide bonds. The van der Waals surface area contributed by atoms with E-state index >= 15 is 0 Å². The molecule has 0 aromatic heterocycles. The van der Waals surface area contributed by atoms with Gasteiger partial charge >= 0.3 is 0 Å². The largest absolute Gasteiger partial charge is 0.448 e. The van der Waals surface area contributed by atoms with Crippen molar-refractivity contribution in [2.75, 3.05) is 0 Å². The van der Waals surface area contributed by atoms with Crippen LogP contribution in [0.25, 0.3) is 0 Å². The summed E-state index contributed by atoms with van der Waals surface area (Å²) in [4.78, 5) is 0. The minimum absolute atomic E-state index is 0.0809. The van der Waals surface area contributed by atoms with Crippen molar-refractivity contribution < 1.29 is 14.6 Å². The Kier molecular flexibility index (Phi) is 2.26. The molecule has 3 rings (SSSR count). The molecule has 1 N–H and O–H groups in total. The second-order valence-corrected chi connectivity index (χ2v) is 4.78. The zero-order chi connectivity index (χ0) is 11.2. The van der Waals surface area contributed by atoms with Crippen LogP contribution >= 0.6 is 11.6 Å². The predicted molar refractivity (Wildman–Crippen MR) is 59.8 cm³/mol. The van der Waals surface area contributed by atoms with Gasteiger partial charge in [0.15, 0.2) is 11.5 Å². The first-order chi connectivity index (χ1) is 7.72. The van der Waals surface area contributed by atoms with Crippen LogP contribution in [0, 0.1) is 0 Å². The van der Waals surface area contributed by atoms with Gasteiger partial charge in [-0.1, -0.05) is 11.6 Å².